The second-order valence-electron chi connectivity index (χ2n) is 24.8. The molecular formula is C77H86F9KN12O38S4. The maximum absolute atomic E-state index is 12.5. The maximum Gasteiger partial charge on any atom is 1.00 e. The summed E-state index contributed by atoms with van der Waals surface area (Å²) in [4.78, 5) is 181. The van der Waals surface area contributed by atoms with Crippen LogP contribution in [0.25, 0.3) is 0 Å². The Bertz CT molecular complexity index is 6030. The van der Waals surface area contributed by atoms with Gasteiger partial charge in [-0.1, -0.05) is 24.3 Å². The van der Waals surface area contributed by atoms with Gasteiger partial charge in [-0.15, -0.1) is 3.71 Å². The van der Waals surface area contributed by atoms with Crippen LogP contribution in [0.5, 0.6) is 23.0 Å². The molecule has 1 atom stereocenters. The number of aliphatic carboxylic acids is 1. The number of nitrogens with one attached hydrogen (secondary N) is 4. The van der Waals surface area contributed by atoms with Crippen LogP contribution < -0.4 is 101 Å². The number of ether oxygens (including phenoxy) is 8. The molecule has 0 radical (unpaired) electrons. The zero-order valence-corrected chi connectivity index (χ0v) is 82.2. The first-order chi connectivity index (χ1) is 64.1. The molecule has 141 heavy (non-hydrogen) atoms. The molecule has 0 aliphatic carbocycles. The number of fused-ring (bicyclic) bond motifs is 1. The Morgan fingerprint density at radius 3 is 1.30 bits per heavy atom. The van der Waals surface area contributed by atoms with Crippen molar-refractivity contribution in [3.05, 3.63) is 167 Å². The summed E-state index contributed by atoms with van der Waals surface area (Å²) < 4.78 is 249. The third-order valence-electron chi connectivity index (χ3n) is 14.0. The summed E-state index contributed by atoms with van der Waals surface area (Å²) in [6.45, 7) is 21.9. The number of aromatic hydroxyl groups is 1. The molecular weight excluding hydrogens is 2040 g/mol. The first kappa shape index (κ1) is 133. The van der Waals surface area contributed by atoms with E-state index >= 15 is 0 Å². The van der Waals surface area contributed by atoms with Gasteiger partial charge >= 0.3 is 169 Å². The average molecular weight is 2130 g/mol. The molecule has 1 unspecified atom stereocenters. The molecule has 64 heteroatoms. The Kier molecular flexibility index (Phi) is 58.6. The number of carboxylic acids is 3. The van der Waals surface area contributed by atoms with E-state index in [0.717, 1.165) is 50.5 Å². The summed E-state index contributed by atoms with van der Waals surface area (Å²) >= 11 is 0. The van der Waals surface area contributed by atoms with Crippen LogP contribution in [0.2, 0.25) is 0 Å². The Balaban J connectivity index is -0.000000762. The van der Waals surface area contributed by atoms with Crippen molar-refractivity contribution in [1.82, 2.24) is 24.9 Å². The topological polar surface area (TPSA) is 774 Å². The number of aromatic carboxylic acids is 2. The quantitative estimate of drug-likeness (QED) is 0.00434. The number of nitrogens with two attached hydrogens (primary N) is 2. The zero-order valence-electron chi connectivity index (χ0n) is 75.8. The van der Waals surface area contributed by atoms with Gasteiger partial charge in [0.1, 0.15) is 26.5 Å². The van der Waals surface area contributed by atoms with Crippen LogP contribution in [0.1, 0.15) is 178 Å². The number of benzene rings is 2. The number of aromatic nitrogens is 5. The molecule has 50 nitrogen and oxygen atoms in total. The molecule has 0 bridgehead atoms. The maximum atomic E-state index is 12.5. The van der Waals surface area contributed by atoms with E-state index in [0.29, 0.717) is 35.8 Å². The number of anilines is 6. The van der Waals surface area contributed by atoms with Gasteiger partial charge in [0.25, 0.3) is 5.97 Å². The molecule has 0 saturated carbocycles. The standard InChI is InChI=1S/C13H16N2O5.C12H19NO4S.C11H11F3N2O6S.C10H12N2O4.C9H6N2O4.C8H5F6NO4S2.C7H6N2O4.C4H6O3.C2H4O2.CO.K.H2O/c1-4-19-12(17)10-9(15-8(3)16)6-7-14-11(10)13(18)20-5-2;1-4-17-12-7-9(5-6-11(12)16-2)10(13)8-18(3,14)15;1-3-21-10(18)8-9(22-23(19,20)11(12,13)14)7(4-5-15-8)16-6(2)17;1-3-16-10(15)8-9(14)7(4-5-11-8)12-6(2)13;1-4(12)11-5-2-3-10-7-6(5)8(13)15-9(7)14;9-7(10,11)20(16,17)15(6-4-2-1-3-5-6)21(18,19)8(12,13)14;8-3-1-2-9-5(7(12)13)4(3)6(10)11;1-3(5)7-4(2)6;1-2(3)4;1-2;;/h6-7H,4-5H2,1-3H3,(H,14,15,16);5-7,10H,4,8,13H2,1-3H3;4-5H,3H2,1-2H3,(H,15,16,17);4-5,14H,3H2,1-2H3,(H,11,12,13);2-3H,1H3,(H,10,11,12);1-5H;1-2H,(H2,8,9)(H,10,11)(H,12,13);1-2H3;1H3,(H,3,4);;;1H2/q;;;;;;;;;;+1;/p-1. The van der Waals surface area contributed by atoms with Gasteiger partial charge in [0.2, 0.25) is 23.6 Å². The number of pyridine rings is 5. The molecule has 13 N–H and O–H groups in total. The molecule has 6 heterocycles. The molecule has 7 aromatic rings. The number of nitrogens with zero attached hydrogens (tertiary/aromatic N) is 6. The zero-order chi connectivity index (χ0) is 108. The fourth-order valence-electron chi connectivity index (χ4n) is 9.06. The Morgan fingerprint density at radius 2 is 0.894 bits per heavy atom. The molecule has 0 fully saturated rings. The van der Waals surface area contributed by atoms with E-state index in [1.807, 2.05) is 12.2 Å². The van der Waals surface area contributed by atoms with Gasteiger partial charge in [0.05, 0.1) is 80.0 Å². The van der Waals surface area contributed by atoms with Crippen molar-refractivity contribution in [2.45, 2.75) is 106 Å². The number of alkyl halides is 9. The smallest absolute Gasteiger partial charge is 0.870 e. The van der Waals surface area contributed by atoms with Gasteiger partial charge in [-0.3, -0.25) is 33.6 Å². The third-order valence-corrected chi connectivity index (χ3v) is 19.6. The summed E-state index contributed by atoms with van der Waals surface area (Å²) in [7, 11) is -21.3. The number of amides is 4. The molecule has 8 rings (SSSR count). The third kappa shape index (κ3) is 45.2. The SMILES string of the molecule is CC(=O)Nc1ccnc2c1C(=O)OC2=O.CC(=O)O.CC(=O)OC(C)=O.CCOC(=O)c1nccc(NC(C)=O)c1C(=O)OCC.CCOC(=O)c1nccc(NC(C)=O)c1O.CCOC(=O)c1nccc(NC(C)=O)c1OS(=O)(=O)C(F)(F)F.CCOc1cc(C(N)CS(C)(=O)=O)ccc1OC.Nc1ccnc(C(=O)O)c1C(=O)O.O=S(=O)(N(c1ccccc1)S(=O)(=O)C(F)(F)F)C(F)(F)F.[C-]#[O+].[K+].[OH-]. The van der Waals surface area contributed by atoms with E-state index in [-0.39, 0.29) is 158 Å². The second-order valence-corrected chi connectivity index (χ2v) is 32.3. The van der Waals surface area contributed by atoms with Gasteiger partial charge in [0.15, 0.2) is 51.5 Å². The molecule has 2 aromatic carbocycles. The number of para-hydroxylation sites is 1. The van der Waals surface area contributed by atoms with Gasteiger partial charge in [-0.05, 0) is 94.8 Å². The minimum Gasteiger partial charge on any atom is -0.870 e. The van der Waals surface area contributed by atoms with Crippen LogP contribution in [-0.4, -0.2) is 242 Å². The number of hydrogen-bond acceptors (Lipinski definition) is 41. The normalized spacial score (nSPS) is 11.0. The fraction of sp³-hybridized carbons (Fsp3) is 0.312. The monoisotopic (exact) mass is 2120 g/mol. The number of methoxy groups -OCH3 is 1. The van der Waals surface area contributed by atoms with E-state index in [1.165, 1.54) is 90.7 Å². The summed E-state index contributed by atoms with van der Waals surface area (Å²) in [5.74, 6) is -12.0. The Morgan fingerprint density at radius 1 is 0.504 bits per heavy atom. The summed E-state index contributed by atoms with van der Waals surface area (Å²) in [5, 5.41) is 43.5. The van der Waals surface area contributed by atoms with Crippen molar-refractivity contribution in [3.8, 4) is 23.0 Å². The van der Waals surface area contributed by atoms with Crippen molar-refractivity contribution >= 4 is 163 Å². The van der Waals surface area contributed by atoms with Crippen molar-refractivity contribution in [2.24, 2.45) is 5.73 Å². The molecule has 0 saturated heterocycles. The van der Waals surface area contributed by atoms with Crippen molar-refractivity contribution in [2.75, 3.05) is 82.9 Å². The molecule has 1 aliphatic heterocycles. The first-order valence-corrected chi connectivity index (χ1v) is 43.7. The Hall–Kier alpha value is -14.1. The number of carbonyl (C=O) groups excluding carboxylic acids is 12. The van der Waals surface area contributed by atoms with Gasteiger partial charge in [-0.2, -0.15) is 64.8 Å². The average Bonchev–Trinajstić information content (AvgIpc) is 1.07. The van der Waals surface area contributed by atoms with Crippen LogP contribution in [-0.2, 0) is 107 Å². The summed E-state index contributed by atoms with van der Waals surface area (Å²) in [6, 6.07) is 14.9. The Labute approximate surface area is 836 Å². The number of sulfonamides is 2. The number of halogens is 9. The van der Waals surface area contributed by atoms with Gasteiger partial charge in [0, 0.05) is 91.7 Å². The summed E-state index contributed by atoms with van der Waals surface area (Å²) in [6.07, 6.45) is 7.21. The number of esters is 8. The van der Waals surface area contributed by atoms with Crippen LogP contribution in [0, 0.1) is 6.65 Å². The van der Waals surface area contributed by atoms with Gasteiger partial charge < -0.3 is 101 Å². The van der Waals surface area contributed by atoms with Gasteiger partial charge in [-0.25, -0.2) is 71.7 Å². The second kappa shape index (κ2) is 62.1. The minimum absolute atomic E-state index is 0. The molecule has 0 spiro atoms. The van der Waals surface area contributed by atoms with E-state index in [9.17, 15) is 145 Å². The molecule has 1 aliphatic rings. The van der Waals surface area contributed by atoms with E-state index in [4.69, 9.17) is 59.9 Å². The van der Waals surface area contributed by atoms with Crippen LogP contribution >= 0.6 is 0 Å². The number of carbonyl (C=O) groups is 15. The number of carboxylic acid groups (broad SMARTS) is 3. The fourth-order valence-corrected chi connectivity index (χ4v) is 13.1. The van der Waals surface area contributed by atoms with Crippen molar-refractivity contribution in [3.63, 3.8) is 0 Å². The van der Waals surface area contributed by atoms with Crippen LogP contribution in [0.15, 0.2) is 110 Å². The first-order valence-electron chi connectivity index (χ1n) is 37.4. The van der Waals surface area contributed by atoms with E-state index in [2.05, 4.69) is 65.9 Å². The van der Waals surface area contributed by atoms with E-state index < -0.39 is 178 Å². The number of sulfone groups is 1. The minimum atomic E-state index is -6.81. The predicted molar refractivity (Wildman–Crippen MR) is 459 cm³/mol. The number of rotatable bonds is 25. The number of hydrogen-bond donors (Lipinski definition) is 10. The largest absolute Gasteiger partial charge is 1.00 e. The number of cyclic esters (lactones) is 2. The molecule has 5 aromatic heterocycles. The predicted octanol–water partition coefficient (Wildman–Crippen LogP) is 4.48. The summed E-state index contributed by atoms with van der Waals surface area (Å²) in [5.41, 5.74) is -10.1. The van der Waals surface area contributed by atoms with Crippen molar-refractivity contribution < 1.29 is 269 Å². The number of nitrogen functional groups attached to an aromatic ring is 1. The molecule has 4 amide bonds. The van der Waals surface area contributed by atoms with E-state index in [1.54, 1.807) is 46.1 Å². The van der Waals surface area contributed by atoms with Crippen LogP contribution in [0.4, 0.5) is 73.6 Å². The van der Waals surface area contributed by atoms with Crippen LogP contribution in [0.3, 0.4) is 0 Å². The van der Waals surface area contributed by atoms with Crippen molar-refractivity contribution in [1.29, 1.82) is 0 Å². The molecule has 770 valence electrons.